The Kier molecular flexibility index (Phi) is 5.87. The molecule has 1 N–H and O–H groups in total. The highest BCUT2D eigenvalue weighted by Gasteiger charge is 2.27. The molecule has 3 atom stereocenters. The predicted molar refractivity (Wildman–Crippen MR) is 91.5 cm³/mol. The number of nitrogens with one attached hydrogen (secondary N) is 1. The second kappa shape index (κ2) is 7.68. The Morgan fingerprint density at radius 2 is 2.17 bits per heavy atom. The van der Waals surface area contributed by atoms with E-state index in [1.807, 2.05) is 6.92 Å². The lowest BCUT2D eigenvalue weighted by Crippen LogP contribution is -2.33. The van der Waals surface area contributed by atoms with Crippen molar-refractivity contribution in [3.63, 3.8) is 0 Å². The molecular formula is C16H22N2O4S. The van der Waals surface area contributed by atoms with E-state index in [1.165, 1.54) is 13.0 Å². The summed E-state index contributed by atoms with van der Waals surface area (Å²) in [6.07, 6.45) is 3.58. The molecule has 0 heterocycles. The van der Waals surface area contributed by atoms with Crippen LogP contribution in [0.2, 0.25) is 0 Å². The Labute approximate surface area is 138 Å². The Morgan fingerprint density at radius 3 is 2.78 bits per heavy atom. The maximum atomic E-state index is 12.0. The van der Waals surface area contributed by atoms with Crippen LogP contribution in [-0.4, -0.2) is 32.0 Å². The van der Waals surface area contributed by atoms with Gasteiger partial charge in [-0.1, -0.05) is 13.3 Å². The molecule has 0 amide bonds. The molecule has 0 radical (unpaired) electrons. The van der Waals surface area contributed by atoms with E-state index in [0.29, 0.717) is 17.0 Å². The van der Waals surface area contributed by atoms with Gasteiger partial charge in [0, 0.05) is 39.5 Å². The summed E-state index contributed by atoms with van der Waals surface area (Å²) >= 11 is 0. The summed E-state index contributed by atoms with van der Waals surface area (Å²) in [5, 5.41) is 14.6. The van der Waals surface area contributed by atoms with E-state index < -0.39 is 15.7 Å². The third kappa shape index (κ3) is 4.37. The van der Waals surface area contributed by atoms with Gasteiger partial charge in [0.05, 0.1) is 4.92 Å². The van der Waals surface area contributed by atoms with E-state index >= 15 is 0 Å². The number of ketones is 1. The highest BCUT2D eigenvalue weighted by molar-refractivity contribution is 7.85. The Morgan fingerprint density at radius 1 is 1.43 bits per heavy atom. The second-order valence-electron chi connectivity index (χ2n) is 5.84. The largest absolute Gasteiger partial charge is 0.377 e. The van der Waals surface area contributed by atoms with E-state index in [9.17, 15) is 19.1 Å². The highest BCUT2D eigenvalue weighted by Crippen LogP contribution is 2.30. The van der Waals surface area contributed by atoms with Crippen LogP contribution in [0.1, 0.15) is 49.9 Å². The van der Waals surface area contributed by atoms with Gasteiger partial charge in [0.1, 0.15) is 5.69 Å². The minimum atomic E-state index is -0.835. The number of rotatable bonds is 6. The lowest BCUT2D eigenvalue weighted by Gasteiger charge is -2.29. The van der Waals surface area contributed by atoms with Gasteiger partial charge in [-0.05, 0) is 38.3 Å². The van der Waals surface area contributed by atoms with Crippen LogP contribution in [0, 0.1) is 10.1 Å². The van der Waals surface area contributed by atoms with Gasteiger partial charge < -0.3 is 5.32 Å². The first-order chi connectivity index (χ1) is 10.9. The Hall–Kier alpha value is -1.76. The van der Waals surface area contributed by atoms with Crippen molar-refractivity contribution >= 4 is 28.0 Å². The molecule has 0 spiro atoms. The molecule has 1 aromatic rings. The Balaban J connectivity index is 2.17. The smallest absolute Gasteiger partial charge is 0.293 e. The van der Waals surface area contributed by atoms with Crippen LogP contribution >= 0.6 is 0 Å². The van der Waals surface area contributed by atoms with E-state index in [1.54, 1.807) is 12.1 Å². The zero-order valence-corrected chi connectivity index (χ0v) is 14.2. The standard InChI is InChI=1S/C16H22N2O4S/c1-3-23(22)14-6-4-5-13(10-14)17-15-8-7-12(11(2)19)9-16(15)18(20)21/h7-9,13-14,17H,3-6,10H2,1-2H3/t13-,14+,23-/m0/s1. The van der Waals surface area contributed by atoms with Crippen LogP contribution in [-0.2, 0) is 10.8 Å². The number of hydrogen-bond donors (Lipinski definition) is 1. The van der Waals surface area contributed by atoms with Gasteiger partial charge in [0.2, 0.25) is 0 Å². The molecule has 1 aliphatic carbocycles. The first kappa shape index (κ1) is 17.6. The number of Topliss-reactive ketones (excluding diaryl/α,β-unsaturated/α-hetero) is 1. The first-order valence-corrected chi connectivity index (χ1v) is 9.23. The molecule has 0 unspecified atom stereocenters. The second-order valence-corrected chi connectivity index (χ2v) is 7.85. The summed E-state index contributed by atoms with van der Waals surface area (Å²) in [6, 6.07) is 4.58. The fourth-order valence-electron chi connectivity index (χ4n) is 2.99. The third-order valence-corrected chi connectivity index (χ3v) is 5.98. The zero-order valence-electron chi connectivity index (χ0n) is 13.4. The third-order valence-electron chi connectivity index (χ3n) is 4.24. The summed E-state index contributed by atoms with van der Waals surface area (Å²) in [6.45, 7) is 3.30. The zero-order chi connectivity index (χ0) is 17.0. The fourth-order valence-corrected chi connectivity index (χ4v) is 4.34. The number of anilines is 1. The average Bonchev–Trinajstić information content (AvgIpc) is 2.54. The molecule has 1 fully saturated rings. The lowest BCUT2D eigenvalue weighted by atomic mass is 9.94. The maximum absolute atomic E-state index is 12.0. The molecule has 1 aliphatic rings. The van der Waals surface area contributed by atoms with Crippen LogP contribution in [0.4, 0.5) is 11.4 Å². The van der Waals surface area contributed by atoms with Gasteiger partial charge in [-0.3, -0.25) is 19.1 Å². The molecule has 7 heteroatoms. The van der Waals surface area contributed by atoms with Gasteiger partial charge in [-0.25, -0.2) is 0 Å². The molecule has 1 saturated carbocycles. The Bertz CT molecular complexity index is 633. The van der Waals surface area contributed by atoms with Crippen molar-refractivity contribution < 1.29 is 13.9 Å². The molecule has 126 valence electrons. The van der Waals surface area contributed by atoms with Gasteiger partial charge in [0.25, 0.3) is 5.69 Å². The molecule has 23 heavy (non-hydrogen) atoms. The van der Waals surface area contributed by atoms with Crippen molar-refractivity contribution in [3.8, 4) is 0 Å². The van der Waals surface area contributed by atoms with Crippen LogP contribution in [0.25, 0.3) is 0 Å². The number of carbonyl (C=O) groups excluding carboxylic acids is 1. The molecule has 0 aliphatic heterocycles. The number of nitrogens with zero attached hydrogens (tertiary/aromatic N) is 1. The summed E-state index contributed by atoms with van der Waals surface area (Å²) < 4.78 is 12.0. The van der Waals surface area contributed by atoms with Gasteiger partial charge in [-0.2, -0.15) is 0 Å². The molecule has 0 aromatic heterocycles. The molecule has 1 aromatic carbocycles. The van der Waals surface area contributed by atoms with Crippen molar-refractivity contribution in [2.45, 2.75) is 50.8 Å². The summed E-state index contributed by atoms with van der Waals surface area (Å²) in [4.78, 5) is 22.2. The SMILES string of the molecule is CC[S@](=O)[C@@H]1CCC[C@H](Nc2ccc(C(C)=O)cc2[N+](=O)[O-])C1. The normalized spacial score (nSPS) is 22.3. The van der Waals surface area contributed by atoms with Crippen LogP contribution in [0.5, 0.6) is 0 Å². The molecule has 0 saturated heterocycles. The summed E-state index contributed by atoms with van der Waals surface area (Å²) in [5.41, 5.74) is 0.667. The lowest BCUT2D eigenvalue weighted by molar-refractivity contribution is -0.384. The minimum absolute atomic E-state index is 0.0751. The topological polar surface area (TPSA) is 89.3 Å². The minimum Gasteiger partial charge on any atom is -0.377 e. The van der Waals surface area contributed by atoms with Crippen molar-refractivity contribution in [2.24, 2.45) is 0 Å². The maximum Gasteiger partial charge on any atom is 0.293 e. The number of benzene rings is 1. The van der Waals surface area contributed by atoms with Crippen LogP contribution in [0.3, 0.4) is 0 Å². The van der Waals surface area contributed by atoms with Gasteiger partial charge >= 0.3 is 0 Å². The van der Waals surface area contributed by atoms with E-state index in [4.69, 9.17) is 0 Å². The number of hydrogen-bond acceptors (Lipinski definition) is 5. The molecular weight excluding hydrogens is 316 g/mol. The summed E-state index contributed by atoms with van der Waals surface area (Å²) in [5.74, 6) is 0.445. The van der Waals surface area contributed by atoms with E-state index in [-0.39, 0.29) is 22.8 Å². The quantitative estimate of drug-likeness (QED) is 0.488. The number of nitro groups is 1. The molecule has 6 nitrogen and oxygen atoms in total. The van der Waals surface area contributed by atoms with Crippen LogP contribution < -0.4 is 5.32 Å². The predicted octanol–water partition coefficient (Wildman–Crippen LogP) is 3.29. The number of nitro benzene ring substituents is 1. The van der Waals surface area contributed by atoms with Crippen molar-refractivity contribution in [1.82, 2.24) is 0 Å². The van der Waals surface area contributed by atoms with E-state index in [2.05, 4.69) is 5.32 Å². The summed E-state index contributed by atoms with van der Waals surface area (Å²) in [7, 11) is -0.835. The van der Waals surface area contributed by atoms with E-state index in [0.717, 1.165) is 25.7 Å². The first-order valence-electron chi connectivity index (χ1n) is 7.85. The molecule has 2 rings (SSSR count). The van der Waals surface area contributed by atoms with Gasteiger partial charge in [0.15, 0.2) is 5.78 Å². The monoisotopic (exact) mass is 338 g/mol. The van der Waals surface area contributed by atoms with Crippen molar-refractivity contribution in [3.05, 3.63) is 33.9 Å². The highest BCUT2D eigenvalue weighted by atomic mass is 32.2. The van der Waals surface area contributed by atoms with Crippen LogP contribution in [0.15, 0.2) is 18.2 Å². The van der Waals surface area contributed by atoms with Crippen molar-refractivity contribution in [2.75, 3.05) is 11.1 Å². The fraction of sp³-hybridized carbons (Fsp3) is 0.562. The van der Waals surface area contributed by atoms with Crippen molar-refractivity contribution in [1.29, 1.82) is 0 Å². The molecule has 0 bridgehead atoms. The number of carbonyl (C=O) groups is 1. The van der Waals surface area contributed by atoms with Gasteiger partial charge in [-0.15, -0.1) is 0 Å². The average molecular weight is 338 g/mol.